The van der Waals surface area contributed by atoms with E-state index < -0.39 is 4.30 Å². The molecule has 0 aromatic rings. The molecule has 0 unspecified atom stereocenters. The summed E-state index contributed by atoms with van der Waals surface area (Å²) < 4.78 is -0.750. The maximum atomic E-state index is 4.81. The maximum absolute atomic E-state index is 4.81. The second-order valence-electron chi connectivity index (χ2n) is 0.247. The van der Waals surface area contributed by atoms with Gasteiger partial charge in [0.1, 0.15) is 0 Å². The van der Waals surface area contributed by atoms with Crippen molar-refractivity contribution in [3.63, 3.8) is 0 Å². The van der Waals surface area contributed by atoms with Gasteiger partial charge in [-0.2, -0.15) is 0 Å². The van der Waals surface area contributed by atoms with Crippen LogP contribution in [0.1, 0.15) is 0 Å². The Morgan fingerprint density at radius 2 is 1.00 bits per heavy atom. The van der Waals surface area contributed by atoms with Crippen LogP contribution in [0.2, 0.25) is 0 Å². The van der Waals surface area contributed by atoms with Crippen LogP contribution in [0.5, 0.6) is 0 Å². The minimum atomic E-state index is -0.750. The van der Waals surface area contributed by atoms with Crippen molar-refractivity contribution in [3.05, 3.63) is 0 Å². The third-order valence-electron chi connectivity index (χ3n) is 0. The van der Waals surface area contributed by atoms with Gasteiger partial charge < -0.3 is 0 Å². The van der Waals surface area contributed by atoms with Crippen LogP contribution in [0.3, 0.4) is 0 Å². The molecule has 0 aromatic carbocycles. The molecule has 0 atom stereocenters. The van der Waals surface area contributed by atoms with Crippen molar-refractivity contribution < 1.29 is 22.4 Å². The van der Waals surface area contributed by atoms with Crippen molar-refractivity contribution in [2.45, 2.75) is 4.30 Å². The number of hydrogen-bond acceptors (Lipinski definition) is 0. The van der Waals surface area contributed by atoms with Crippen molar-refractivity contribution in [3.8, 4) is 0 Å². The number of hydrogen-bond donors (Lipinski definition) is 0. The van der Waals surface area contributed by atoms with Crippen molar-refractivity contribution in [2.75, 3.05) is 0 Å². The molecule has 0 rings (SSSR count). The van der Waals surface area contributed by atoms with Gasteiger partial charge in [0.05, 0.1) is 0 Å². The molecule has 0 aliphatic rings. The molecule has 1 radical (unpaired) electrons. The van der Waals surface area contributed by atoms with Crippen LogP contribution in [-0.2, 0) is 22.4 Å². The third-order valence-corrected chi connectivity index (χ3v) is 0. The van der Waals surface area contributed by atoms with E-state index in [9.17, 15) is 0 Å². The van der Waals surface area contributed by atoms with Crippen molar-refractivity contribution >= 4 is 34.8 Å². The summed E-state index contributed by atoms with van der Waals surface area (Å²) >= 11 is 14.4. The van der Waals surface area contributed by atoms with Crippen LogP contribution in [0.4, 0.5) is 0 Å². The minimum Gasteiger partial charge on any atom is -0.0874 e. The Balaban J connectivity index is 0. The number of alkyl halides is 3. The average Bonchev–Trinajstić information content (AvgIpc) is 0.811. The zero-order valence-corrected chi connectivity index (χ0v) is 5.76. The molecule has 0 saturated carbocycles. The molecule has 0 fully saturated rings. The molecule has 0 amide bonds. The molecule has 0 aliphatic heterocycles. The van der Waals surface area contributed by atoms with Crippen LogP contribution in [-0.4, -0.2) is 4.30 Å². The standard InChI is InChI=1S/CHCl3.Ag/c2-1(3)4;/h1H;. The Morgan fingerprint density at radius 3 is 1.00 bits per heavy atom. The molecule has 37 valence electrons. The number of halogens is 3. The first kappa shape index (κ1) is 9.79. The van der Waals surface area contributed by atoms with Gasteiger partial charge >= 0.3 is 0 Å². The minimum absolute atomic E-state index is 0. The van der Waals surface area contributed by atoms with Crippen LogP contribution >= 0.6 is 34.8 Å². The third kappa shape index (κ3) is 28.2. The van der Waals surface area contributed by atoms with E-state index in [1.165, 1.54) is 0 Å². The normalized spacial score (nSPS) is 7.20. The summed E-state index contributed by atoms with van der Waals surface area (Å²) in [5.41, 5.74) is 0. The van der Waals surface area contributed by atoms with Crippen LogP contribution in [0, 0.1) is 0 Å². The van der Waals surface area contributed by atoms with E-state index in [4.69, 9.17) is 34.8 Å². The van der Waals surface area contributed by atoms with E-state index >= 15 is 0 Å². The molecule has 4 heteroatoms. The first-order valence-corrected chi connectivity index (χ1v) is 1.96. The molecule has 0 saturated heterocycles. The molecule has 0 aromatic heterocycles. The Labute approximate surface area is 61.3 Å². The van der Waals surface area contributed by atoms with Crippen molar-refractivity contribution in [1.29, 1.82) is 0 Å². The predicted molar refractivity (Wildman–Crippen MR) is 21.3 cm³/mol. The van der Waals surface area contributed by atoms with Gasteiger partial charge in [0.2, 0.25) is 0 Å². The van der Waals surface area contributed by atoms with Crippen molar-refractivity contribution in [2.24, 2.45) is 0 Å². The Kier molecular flexibility index (Phi) is 11.0. The first-order valence-electron chi connectivity index (χ1n) is 0.655. The van der Waals surface area contributed by atoms with Gasteiger partial charge in [-0.1, -0.05) is 34.8 Å². The van der Waals surface area contributed by atoms with E-state index in [2.05, 4.69) is 0 Å². The molecule has 0 bridgehead atoms. The van der Waals surface area contributed by atoms with E-state index in [1.54, 1.807) is 0 Å². The summed E-state index contributed by atoms with van der Waals surface area (Å²) in [6.45, 7) is 0. The Morgan fingerprint density at radius 1 is 1.00 bits per heavy atom. The SMILES string of the molecule is ClC(Cl)Cl.[Ag]. The zero-order chi connectivity index (χ0) is 3.58. The van der Waals surface area contributed by atoms with E-state index in [-0.39, 0.29) is 22.4 Å². The molecule has 0 aliphatic carbocycles. The molecule has 0 heterocycles. The first-order chi connectivity index (χ1) is 1.73. The fraction of sp³-hybridized carbons (Fsp3) is 1.00. The van der Waals surface area contributed by atoms with E-state index in [0.717, 1.165) is 0 Å². The van der Waals surface area contributed by atoms with Gasteiger partial charge in [0.15, 0.2) is 4.30 Å². The van der Waals surface area contributed by atoms with Crippen molar-refractivity contribution in [1.82, 2.24) is 0 Å². The van der Waals surface area contributed by atoms with Gasteiger partial charge in [-0.25, -0.2) is 0 Å². The monoisotopic (exact) mass is 225 g/mol. The average molecular weight is 227 g/mol. The zero-order valence-electron chi connectivity index (χ0n) is 2.01. The summed E-state index contributed by atoms with van der Waals surface area (Å²) in [7, 11) is 0. The summed E-state index contributed by atoms with van der Waals surface area (Å²) in [5, 5.41) is 0. The molecule has 0 spiro atoms. The van der Waals surface area contributed by atoms with Gasteiger partial charge in [-0.3, -0.25) is 0 Å². The second kappa shape index (κ2) is 5.61. The number of rotatable bonds is 0. The molecule has 0 N–H and O–H groups in total. The van der Waals surface area contributed by atoms with Gasteiger partial charge in [0, 0.05) is 22.4 Å². The van der Waals surface area contributed by atoms with Crippen LogP contribution in [0.25, 0.3) is 0 Å². The van der Waals surface area contributed by atoms with Gasteiger partial charge in [-0.05, 0) is 0 Å². The van der Waals surface area contributed by atoms with E-state index in [1.807, 2.05) is 0 Å². The van der Waals surface area contributed by atoms with Gasteiger partial charge in [-0.15, -0.1) is 0 Å². The quantitative estimate of drug-likeness (QED) is 0.438. The maximum Gasteiger partial charge on any atom is 0.180 e. The summed E-state index contributed by atoms with van der Waals surface area (Å²) in [6.07, 6.45) is 0. The molecular weight excluding hydrogens is 226 g/mol. The predicted octanol–water partition coefficient (Wildman–Crippen LogP) is 1.98. The largest absolute Gasteiger partial charge is 0.180 e. The van der Waals surface area contributed by atoms with Gasteiger partial charge in [0.25, 0.3) is 0 Å². The van der Waals surface area contributed by atoms with Crippen LogP contribution < -0.4 is 0 Å². The van der Waals surface area contributed by atoms with E-state index in [0.29, 0.717) is 0 Å². The fourth-order valence-corrected chi connectivity index (χ4v) is 0. The Bertz CT molecular complexity index is 11.6. The van der Waals surface area contributed by atoms with Crippen LogP contribution in [0.15, 0.2) is 0 Å². The fourth-order valence-electron chi connectivity index (χ4n) is 0. The molecule has 5 heavy (non-hydrogen) atoms. The summed E-state index contributed by atoms with van der Waals surface area (Å²) in [6, 6.07) is 0. The second-order valence-corrected chi connectivity index (χ2v) is 2.23. The summed E-state index contributed by atoms with van der Waals surface area (Å²) in [5.74, 6) is 0. The topological polar surface area (TPSA) is 0 Å². The smallest absolute Gasteiger partial charge is 0.0874 e. The molecular formula is CHAgCl3. The Hall–Kier alpha value is 1.61. The summed E-state index contributed by atoms with van der Waals surface area (Å²) in [4.78, 5) is 0. The molecule has 0 nitrogen and oxygen atoms in total.